The Morgan fingerprint density at radius 3 is 2.37 bits per heavy atom. The van der Waals surface area contributed by atoms with Gasteiger partial charge in [0, 0.05) is 25.7 Å². The van der Waals surface area contributed by atoms with Gasteiger partial charge in [-0.2, -0.15) is 0 Å². The first-order chi connectivity index (χ1) is 12.1. The molecule has 0 aliphatic carbocycles. The van der Waals surface area contributed by atoms with E-state index < -0.39 is 11.7 Å². The minimum Gasteiger partial charge on any atom is -0.444 e. The third kappa shape index (κ3) is 10.4. The molecule has 0 saturated heterocycles. The summed E-state index contributed by atoms with van der Waals surface area (Å²) >= 11 is 0. The highest BCUT2D eigenvalue weighted by Crippen LogP contribution is 2.08. The lowest BCUT2D eigenvalue weighted by Gasteiger charge is -2.26. The summed E-state index contributed by atoms with van der Waals surface area (Å²) in [5, 5.41) is 9.09. The molecule has 1 atom stereocenters. The van der Waals surface area contributed by atoms with Crippen molar-refractivity contribution in [3.05, 3.63) is 35.6 Å². The zero-order chi connectivity index (χ0) is 19.7. The third-order valence-corrected chi connectivity index (χ3v) is 3.62. The molecule has 0 aliphatic rings. The van der Waals surface area contributed by atoms with Crippen LogP contribution in [-0.2, 0) is 11.3 Å². The number of aliphatic imine (C=N–C) groups is 1. The Bertz CT molecular complexity index is 618. The van der Waals surface area contributed by atoms with E-state index in [1.807, 2.05) is 34.6 Å². The van der Waals surface area contributed by atoms with Gasteiger partial charge in [-0.05, 0) is 32.8 Å². The molecule has 1 aromatic carbocycles. The van der Waals surface area contributed by atoms with Gasteiger partial charge in [0.2, 0.25) is 0 Å². The SMILES string of the molecule is CN=C(NCc1ccccc1F)NCC(NC(=O)OC(C)(C)C)C(C)C.I. The van der Waals surface area contributed by atoms with Gasteiger partial charge in [-0.15, -0.1) is 24.0 Å². The Balaban J connectivity index is 0.00000676. The van der Waals surface area contributed by atoms with Gasteiger partial charge in [0.1, 0.15) is 11.4 Å². The molecule has 0 heterocycles. The number of nitrogens with one attached hydrogen (secondary N) is 3. The Labute approximate surface area is 178 Å². The number of carbonyl (C=O) groups is 1. The number of amides is 1. The van der Waals surface area contributed by atoms with E-state index in [-0.39, 0.29) is 41.8 Å². The fourth-order valence-corrected chi connectivity index (χ4v) is 2.16. The first-order valence-electron chi connectivity index (χ1n) is 8.80. The van der Waals surface area contributed by atoms with E-state index in [1.54, 1.807) is 25.2 Å². The van der Waals surface area contributed by atoms with E-state index in [1.165, 1.54) is 6.07 Å². The van der Waals surface area contributed by atoms with Crippen LogP contribution in [0.2, 0.25) is 0 Å². The highest BCUT2D eigenvalue weighted by atomic mass is 127. The first-order valence-corrected chi connectivity index (χ1v) is 8.80. The van der Waals surface area contributed by atoms with Crippen LogP contribution in [0.3, 0.4) is 0 Å². The number of nitrogens with zero attached hydrogens (tertiary/aromatic N) is 1. The summed E-state index contributed by atoms with van der Waals surface area (Å²) in [4.78, 5) is 16.1. The van der Waals surface area contributed by atoms with Crippen LogP contribution < -0.4 is 16.0 Å². The van der Waals surface area contributed by atoms with E-state index >= 15 is 0 Å². The molecule has 8 heteroatoms. The van der Waals surface area contributed by atoms with Crippen molar-refractivity contribution in [3.63, 3.8) is 0 Å². The monoisotopic (exact) mass is 494 g/mol. The molecule has 0 saturated carbocycles. The molecule has 0 spiro atoms. The molecule has 1 rings (SSSR count). The fourth-order valence-electron chi connectivity index (χ4n) is 2.16. The maximum Gasteiger partial charge on any atom is 0.407 e. The minimum atomic E-state index is -0.545. The molecule has 1 unspecified atom stereocenters. The topological polar surface area (TPSA) is 74.8 Å². The maximum atomic E-state index is 13.7. The minimum absolute atomic E-state index is 0. The predicted molar refractivity (Wildman–Crippen MR) is 118 cm³/mol. The van der Waals surface area contributed by atoms with E-state index in [4.69, 9.17) is 4.74 Å². The lowest BCUT2D eigenvalue weighted by atomic mass is 10.0. The second kappa shape index (κ2) is 12.0. The van der Waals surface area contributed by atoms with Crippen LogP contribution in [0, 0.1) is 11.7 Å². The molecule has 0 aromatic heterocycles. The largest absolute Gasteiger partial charge is 0.444 e. The van der Waals surface area contributed by atoms with E-state index in [9.17, 15) is 9.18 Å². The van der Waals surface area contributed by atoms with Gasteiger partial charge in [0.25, 0.3) is 0 Å². The number of hydrogen-bond acceptors (Lipinski definition) is 3. The van der Waals surface area contributed by atoms with Crippen LogP contribution in [0.15, 0.2) is 29.3 Å². The number of rotatable bonds is 6. The molecule has 0 aliphatic heterocycles. The number of alkyl carbamates (subject to hydrolysis) is 1. The summed E-state index contributed by atoms with van der Waals surface area (Å²) in [6.07, 6.45) is -0.452. The zero-order valence-corrected chi connectivity index (χ0v) is 19.3. The van der Waals surface area contributed by atoms with E-state index in [0.717, 1.165) is 0 Å². The number of benzene rings is 1. The number of ether oxygens (including phenoxy) is 1. The Hall–Kier alpha value is -1.58. The van der Waals surface area contributed by atoms with Crippen LogP contribution in [0.4, 0.5) is 9.18 Å². The van der Waals surface area contributed by atoms with Gasteiger partial charge in [-0.3, -0.25) is 4.99 Å². The van der Waals surface area contributed by atoms with Crippen LogP contribution in [-0.4, -0.2) is 37.3 Å². The van der Waals surface area contributed by atoms with Crippen molar-refractivity contribution in [2.75, 3.05) is 13.6 Å². The summed E-state index contributed by atoms with van der Waals surface area (Å²) in [7, 11) is 1.64. The highest BCUT2D eigenvalue weighted by Gasteiger charge is 2.21. The zero-order valence-electron chi connectivity index (χ0n) is 16.9. The van der Waals surface area contributed by atoms with Crippen molar-refractivity contribution in [2.24, 2.45) is 10.9 Å². The molecule has 3 N–H and O–H groups in total. The van der Waals surface area contributed by atoms with Crippen LogP contribution >= 0.6 is 24.0 Å². The third-order valence-electron chi connectivity index (χ3n) is 3.62. The smallest absolute Gasteiger partial charge is 0.407 e. The van der Waals surface area contributed by atoms with Crippen molar-refractivity contribution in [1.29, 1.82) is 0 Å². The summed E-state index contributed by atoms with van der Waals surface area (Å²) < 4.78 is 19.0. The van der Waals surface area contributed by atoms with E-state index in [0.29, 0.717) is 24.6 Å². The molecule has 1 aromatic rings. The predicted octanol–water partition coefficient (Wildman–Crippen LogP) is 3.66. The molecule has 1 amide bonds. The molecule has 27 heavy (non-hydrogen) atoms. The standard InChI is InChI=1S/C19H31FN4O2.HI/c1-13(2)16(24-18(25)26-19(3,4)5)12-23-17(21-6)22-11-14-9-7-8-10-15(14)20;/h7-10,13,16H,11-12H2,1-6H3,(H,24,25)(H2,21,22,23);1H. The summed E-state index contributed by atoms with van der Waals surface area (Å²) in [6.45, 7) is 10.3. The second-order valence-electron chi connectivity index (χ2n) is 7.39. The quantitative estimate of drug-likeness (QED) is 0.321. The number of hydrogen-bond donors (Lipinski definition) is 3. The highest BCUT2D eigenvalue weighted by molar-refractivity contribution is 14.0. The first kappa shape index (κ1) is 25.4. The van der Waals surface area contributed by atoms with Crippen LogP contribution in [0.25, 0.3) is 0 Å². The van der Waals surface area contributed by atoms with Gasteiger partial charge < -0.3 is 20.7 Å². The lowest BCUT2D eigenvalue weighted by molar-refractivity contribution is 0.0491. The van der Waals surface area contributed by atoms with Crippen molar-refractivity contribution in [2.45, 2.75) is 52.8 Å². The lowest BCUT2D eigenvalue weighted by Crippen LogP contribution is -2.50. The molecule has 0 bridgehead atoms. The molecular formula is C19H32FIN4O2. The average Bonchev–Trinajstić information content (AvgIpc) is 2.53. The summed E-state index contributed by atoms with van der Waals surface area (Å²) in [6, 6.07) is 6.44. The number of carbonyl (C=O) groups excluding carboxylic acids is 1. The van der Waals surface area contributed by atoms with Crippen molar-refractivity contribution >= 4 is 36.0 Å². The Morgan fingerprint density at radius 2 is 1.85 bits per heavy atom. The van der Waals surface area contributed by atoms with Gasteiger partial charge in [0.15, 0.2) is 5.96 Å². The van der Waals surface area contributed by atoms with Gasteiger partial charge in [-0.1, -0.05) is 32.0 Å². The Morgan fingerprint density at radius 1 is 1.22 bits per heavy atom. The molecular weight excluding hydrogens is 462 g/mol. The Kier molecular flexibility index (Phi) is 11.3. The van der Waals surface area contributed by atoms with Crippen molar-refractivity contribution in [1.82, 2.24) is 16.0 Å². The van der Waals surface area contributed by atoms with Gasteiger partial charge in [-0.25, -0.2) is 9.18 Å². The fraction of sp³-hybridized carbons (Fsp3) is 0.579. The average molecular weight is 494 g/mol. The molecule has 0 radical (unpaired) electrons. The number of guanidine groups is 1. The van der Waals surface area contributed by atoms with Crippen molar-refractivity contribution < 1.29 is 13.9 Å². The van der Waals surface area contributed by atoms with Gasteiger partial charge >= 0.3 is 6.09 Å². The summed E-state index contributed by atoms with van der Waals surface area (Å²) in [5.41, 5.74) is 0.0128. The van der Waals surface area contributed by atoms with E-state index in [2.05, 4.69) is 20.9 Å². The number of halogens is 2. The molecule has 154 valence electrons. The maximum absolute atomic E-state index is 13.7. The molecule has 0 fully saturated rings. The molecule has 6 nitrogen and oxygen atoms in total. The van der Waals surface area contributed by atoms with Gasteiger partial charge in [0.05, 0.1) is 6.04 Å². The van der Waals surface area contributed by atoms with Crippen LogP contribution in [0.1, 0.15) is 40.2 Å². The van der Waals surface area contributed by atoms with Crippen LogP contribution in [0.5, 0.6) is 0 Å². The second-order valence-corrected chi connectivity index (χ2v) is 7.39. The normalized spacial score (nSPS) is 12.8. The van der Waals surface area contributed by atoms with Crippen molar-refractivity contribution in [3.8, 4) is 0 Å². The summed E-state index contributed by atoms with van der Waals surface area (Å²) in [5.74, 6) is 0.465.